The van der Waals surface area contributed by atoms with Crippen LogP contribution in [-0.2, 0) is 6.37 Å². The fraction of sp³-hybridized carbons (Fsp3) is 0.0513. The summed E-state index contributed by atoms with van der Waals surface area (Å²) in [6.07, 6.45) is -2.68. The summed E-state index contributed by atoms with van der Waals surface area (Å²) < 4.78 is 43.0. The molecule has 8 rings (SSSR count). The summed E-state index contributed by atoms with van der Waals surface area (Å²) in [6, 6.07) is 47.1. The minimum absolute atomic E-state index is 0.146. The van der Waals surface area contributed by atoms with Crippen LogP contribution in [0.5, 0.6) is 0 Å². The van der Waals surface area contributed by atoms with Gasteiger partial charge in [-0.2, -0.15) is 0 Å². The van der Waals surface area contributed by atoms with Gasteiger partial charge in [-0.25, -0.2) is 4.98 Å². The highest BCUT2D eigenvalue weighted by Gasteiger charge is 2.18. The molecular formula is C39H28N2. The average molecular weight is 530 g/mol. The Kier molecular flexibility index (Phi) is 4.38. The summed E-state index contributed by atoms with van der Waals surface area (Å²) in [4.78, 5) is 4.53. The van der Waals surface area contributed by atoms with Crippen LogP contribution in [0, 0.1) is 0 Å². The minimum Gasteiger partial charge on any atom is -0.296 e. The maximum Gasteiger partial charge on any atom is 0.114 e. The molecule has 0 radical (unpaired) electrons. The molecule has 1 heterocycles. The van der Waals surface area contributed by atoms with Crippen molar-refractivity contribution >= 4 is 43.4 Å². The van der Waals surface area contributed by atoms with Gasteiger partial charge in [0.15, 0.2) is 0 Å². The molecular weight excluding hydrogens is 496 g/mol. The molecule has 41 heavy (non-hydrogen) atoms. The van der Waals surface area contributed by atoms with Gasteiger partial charge in [-0.15, -0.1) is 0 Å². The van der Waals surface area contributed by atoms with Crippen molar-refractivity contribution in [3.05, 3.63) is 145 Å². The van der Waals surface area contributed by atoms with Gasteiger partial charge >= 0.3 is 0 Å². The van der Waals surface area contributed by atoms with Crippen molar-refractivity contribution in [2.45, 2.75) is 13.2 Å². The molecule has 1 aromatic heterocycles. The molecule has 0 bridgehead atoms. The predicted octanol–water partition coefficient (Wildman–Crippen LogP) is 10.4. The van der Waals surface area contributed by atoms with Crippen molar-refractivity contribution in [1.29, 1.82) is 0 Å². The molecule has 8 aromatic rings. The van der Waals surface area contributed by atoms with Gasteiger partial charge in [-0.05, 0) is 78.8 Å². The van der Waals surface area contributed by atoms with Crippen LogP contribution < -0.4 is 0 Å². The van der Waals surface area contributed by atoms with Gasteiger partial charge in [0.1, 0.15) is 5.82 Å². The number of rotatable bonds is 4. The van der Waals surface area contributed by atoms with E-state index in [0.29, 0.717) is 16.7 Å². The second-order valence-corrected chi connectivity index (χ2v) is 10.3. The zero-order chi connectivity index (χ0) is 31.6. The highest BCUT2D eigenvalue weighted by molar-refractivity contribution is 6.23. The van der Waals surface area contributed by atoms with Crippen LogP contribution >= 0.6 is 0 Å². The van der Waals surface area contributed by atoms with E-state index in [1.807, 2.05) is 36.4 Å². The summed E-state index contributed by atoms with van der Waals surface area (Å²) >= 11 is 0. The fourth-order valence-electron chi connectivity index (χ4n) is 6.34. The van der Waals surface area contributed by atoms with Gasteiger partial charge in [0, 0.05) is 18.9 Å². The number of benzene rings is 7. The van der Waals surface area contributed by atoms with Crippen molar-refractivity contribution in [1.82, 2.24) is 9.55 Å². The van der Waals surface area contributed by atoms with Gasteiger partial charge < -0.3 is 0 Å². The van der Waals surface area contributed by atoms with Crippen molar-refractivity contribution < 1.29 is 6.85 Å². The lowest BCUT2D eigenvalue weighted by atomic mass is 9.84. The lowest BCUT2D eigenvalue weighted by Crippen LogP contribution is -2.00. The van der Waals surface area contributed by atoms with E-state index in [1.54, 1.807) is 10.6 Å². The summed E-state index contributed by atoms with van der Waals surface area (Å²) in [5, 5.41) is 6.82. The van der Waals surface area contributed by atoms with Crippen molar-refractivity contribution in [2.24, 2.45) is 0 Å². The van der Waals surface area contributed by atoms with E-state index in [1.165, 1.54) is 21.9 Å². The Hall–Kier alpha value is -5.21. The fourth-order valence-corrected chi connectivity index (χ4v) is 6.34. The Morgan fingerprint density at radius 2 is 1.22 bits per heavy atom. The standard InChI is InChI=1S/C39H28N2/c1-2-37-40-35-23-9-10-24-36(35)41(37)28-16-11-15-27(25-28)38-31-18-5-7-20-33(31)39(34-21-8-6-19-32(34)38)30-22-12-14-26-13-3-4-17-29(26)30/h3-25H,2H2,1H3/i1D3,2D2. The molecule has 0 saturated heterocycles. The van der Waals surface area contributed by atoms with Gasteiger partial charge in [0.25, 0.3) is 0 Å². The zero-order valence-electron chi connectivity index (χ0n) is 27.2. The molecule has 0 aliphatic carbocycles. The lowest BCUT2D eigenvalue weighted by molar-refractivity contribution is 0.908. The predicted molar refractivity (Wildman–Crippen MR) is 174 cm³/mol. The molecule has 0 unspecified atom stereocenters. The molecule has 0 saturated carbocycles. The van der Waals surface area contributed by atoms with E-state index in [4.69, 9.17) is 6.85 Å². The molecule has 2 heteroatoms. The molecule has 2 nitrogen and oxygen atoms in total. The van der Waals surface area contributed by atoms with Crippen molar-refractivity contribution in [3.8, 4) is 27.9 Å². The number of aromatic nitrogens is 2. The number of hydrogen-bond acceptors (Lipinski definition) is 1. The molecule has 0 amide bonds. The largest absolute Gasteiger partial charge is 0.296 e. The maximum absolute atomic E-state index is 8.66. The third kappa shape index (κ3) is 3.68. The first-order chi connectivity index (χ1) is 22.2. The average Bonchev–Trinajstić information content (AvgIpc) is 3.47. The number of fused-ring (bicyclic) bond motifs is 4. The van der Waals surface area contributed by atoms with Crippen molar-refractivity contribution in [2.75, 3.05) is 0 Å². The van der Waals surface area contributed by atoms with Gasteiger partial charge in [-0.3, -0.25) is 4.57 Å². The monoisotopic (exact) mass is 529 g/mol. The van der Waals surface area contributed by atoms with Crippen LogP contribution in [0.1, 0.15) is 19.5 Å². The second-order valence-electron chi connectivity index (χ2n) is 10.3. The van der Waals surface area contributed by atoms with E-state index in [9.17, 15) is 0 Å². The quantitative estimate of drug-likeness (QED) is 0.207. The Morgan fingerprint density at radius 1 is 0.610 bits per heavy atom. The zero-order valence-corrected chi connectivity index (χ0v) is 22.2. The molecule has 0 fully saturated rings. The molecule has 0 N–H and O–H groups in total. The second kappa shape index (κ2) is 9.46. The van der Waals surface area contributed by atoms with Crippen LogP contribution in [0.2, 0.25) is 0 Å². The van der Waals surface area contributed by atoms with Gasteiger partial charge in [0.2, 0.25) is 0 Å². The van der Waals surface area contributed by atoms with E-state index < -0.39 is 13.2 Å². The SMILES string of the molecule is [2H]C([2H])([2H])C([2H])([2H])c1nc2ccccc2n1-c1cccc(-c2c3ccccc3c(-c3cccc4ccccc34)c3ccccc23)c1. The third-order valence-corrected chi connectivity index (χ3v) is 8.06. The maximum atomic E-state index is 8.66. The van der Waals surface area contributed by atoms with Crippen LogP contribution in [0.25, 0.3) is 71.3 Å². The smallest absolute Gasteiger partial charge is 0.114 e. The topological polar surface area (TPSA) is 17.8 Å². The van der Waals surface area contributed by atoms with Crippen LogP contribution in [-0.4, -0.2) is 9.55 Å². The molecule has 194 valence electrons. The van der Waals surface area contributed by atoms with E-state index >= 15 is 0 Å². The summed E-state index contributed by atoms with van der Waals surface area (Å²) in [5.74, 6) is -0.146. The highest BCUT2D eigenvalue weighted by Crippen LogP contribution is 2.45. The Morgan fingerprint density at radius 3 is 1.98 bits per heavy atom. The number of para-hydroxylation sites is 2. The van der Waals surface area contributed by atoms with Crippen LogP contribution in [0.4, 0.5) is 0 Å². The van der Waals surface area contributed by atoms with Crippen LogP contribution in [0.3, 0.4) is 0 Å². The number of imidazole rings is 1. The normalized spacial score (nSPS) is 14.1. The summed E-state index contributed by atoms with van der Waals surface area (Å²) in [6.45, 7) is -2.91. The van der Waals surface area contributed by atoms with Gasteiger partial charge in [0.05, 0.1) is 11.0 Å². The van der Waals surface area contributed by atoms with Gasteiger partial charge in [-0.1, -0.05) is 122 Å². The Bertz CT molecular complexity index is 2390. The number of nitrogens with zero attached hydrogens (tertiary/aromatic N) is 2. The molecule has 7 aromatic carbocycles. The first-order valence-electron chi connectivity index (χ1n) is 16.2. The number of aryl methyl sites for hydroxylation is 1. The summed E-state index contributed by atoms with van der Waals surface area (Å²) in [5.41, 5.74) is 6.16. The van der Waals surface area contributed by atoms with E-state index in [-0.39, 0.29) is 5.82 Å². The third-order valence-electron chi connectivity index (χ3n) is 8.06. The van der Waals surface area contributed by atoms with E-state index in [0.717, 1.165) is 32.7 Å². The highest BCUT2D eigenvalue weighted by atomic mass is 15.1. The first kappa shape index (κ1) is 19.0. The first-order valence-corrected chi connectivity index (χ1v) is 13.7. The Balaban J connectivity index is 1.43. The molecule has 0 atom stereocenters. The van der Waals surface area contributed by atoms with E-state index in [2.05, 4.69) is 102 Å². The molecule has 0 spiro atoms. The molecule has 0 aliphatic heterocycles. The molecule has 0 aliphatic rings. The Labute approximate surface area is 246 Å². The number of hydrogen-bond donors (Lipinski definition) is 0. The summed E-state index contributed by atoms with van der Waals surface area (Å²) in [7, 11) is 0. The minimum atomic E-state index is -2.91. The van der Waals surface area contributed by atoms with Crippen molar-refractivity contribution in [3.63, 3.8) is 0 Å². The van der Waals surface area contributed by atoms with Crippen LogP contribution in [0.15, 0.2) is 140 Å². The lowest BCUT2D eigenvalue weighted by Gasteiger charge is -2.19.